The molecule has 10 heteroatoms. The Labute approximate surface area is 181 Å². The van der Waals surface area contributed by atoms with Gasteiger partial charge >= 0.3 is 10.2 Å². The monoisotopic (exact) mass is 454 g/mol. The fourth-order valence-electron chi connectivity index (χ4n) is 3.22. The molecule has 1 saturated heterocycles. The van der Waals surface area contributed by atoms with Gasteiger partial charge in [0.05, 0.1) is 5.69 Å². The summed E-state index contributed by atoms with van der Waals surface area (Å²) in [6, 6.07) is 12.6. The SMILES string of the molecule is CN(C)S(=O)(=O)N(CC(=O)N1CCN(c2cccc(Cl)c2)CC1)c1ccc(F)cc1. The second kappa shape index (κ2) is 9.20. The van der Waals surface area contributed by atoms with Crippen LogP contribution in [0.25, 0.3) is 0 Å². The van der Waals surface area contributed by atoms with Gasteiger partial charge in [-0.3, -0.25) is 4.79 Å². The Morgan fingerprint density at radius 3 is 2.27 bits per heavy atom. The van der Waals surface area contributed by atoms with Crippen molar-refractivity contribution in [2.45, 2.75) is 0 Å². The second-order valence-corrected chi connectivity index (χ2v) is 9.62. The number of carbonyl (C=O) groups excluding carboxylic acids is 1. The lowest BCUT2D eigenvalue weighted by Crippen LogP contribution is -2.53. The number of rotatable bonds is 6. The number of amides is 1. The van der Waals surface area contributed by atoms with Crippen molar-refractivity contribution in [1.82, 2.24) is 9.21 Å². The van der Waals surface area contributed by atoms with Crippen molar-refractivity contribution in [1.29, 1.82) is 0 Å². The molecule has 1 heterocycles. The Morgan fingerprint density at radius 2 is 1.70 bits per heavy atom. The number of benzene rings is 2. The minimum absolute atomic E-state index is 0.232. The molecule has 1 fully saturated rings. The van der Waals surface area contributed by atoms with Gasteiger partial charge in [-0.05, 0) is 42.5 Å². The van der Waals surface area contributed by atoms with E-state index in [1.807, 2.05) is 18.2 Å². The Morgan fingerprint density at radius 1 is 1.07 bits per heavy atom. The third kappa shape index (κ3) is 5.03. The first-order chi connectivity index (χ1) is 14.2. The van der Waals surface area contributed by atoms with E-state index in [2.05, 4.69) is 4.90 Å². The highest BCUT2D eigenvalue weighted by Crippen LogP contribution is 2.22. The topological polar surface area (TPSA) is 64.2 Å². The van der Waals surface area contributed by atoms with Crippen molar-refractivity contribution in [3.05, 3.63) is 59.4 Å². The molecule has 2 aromatic carbocycles. The molecule has 0 N–H and O–H groups in total. The lowest BCUT2D eigenvalue weighted by Gasteiger charge is -2.37. The van der Waals surface area contributed by atoms with Gasteiger partial charge in [-0.15, -0.1) is 0 Å². The van der Waals surface area contributed by atoms with E-state index in [0.29, 0.717) is 31.2 Å². The molecule has 7 nitrogen and oxygen atoms in total. The first kappa shape index (κ1) is 22.3. The van der Waals surface area contributed by atoms with Gasteiger partial charge in [-0.25, -0.2) is 8.70 Å². The largest absolute Gasteiger partial charge is 0.368 e. The van der Waals surface area contributed by atoms with E-state index in [4.69, 9.17) is 11.6 Å². The minimum atomic E-state index is -3.93. The number of piperazine rings is 1. The molecule has 0 radical (unpaired) electrons. The summed E-state index contributed by atoms with van der Waals surface area (Å²) >= 11 is 6.06. The summed E-state index contributed by atoms with van der Waals surface area (Å²) in [5.41, 5.74) is 1.22. The summed E-state index contributed by atoms with van der Waals surface area (Å²) in [5.74, 6) is -0.792. The van der Waals surface area contributed by atoms with Crippen LogP contribution in [0.15, 0.2) is 48.5 Å². The van der Waals surface area contributed by atoms with Crippen LogP contribution in [0.4, 0.5) is 15.8 Å². The summed E-state index contributed by atoms with van der Waals surface area (Å²) in [5, 5.41) is 0.648. The molecule has 2 aromatic rings. The first-order valence-corrected chi connectivity index (χ1v) is 11.2. The summed E-state index contributed by atoms with van der Waals surface area (Å²) in [6.07, 6.45) is 0. The van der Waals surface area contributed by atoms with Gasteiger partial charge < -0.3 is 9.80 Å². The maximum Gasteiger partial charge on any atom is 0.304 e. The lowest BCUT2D eigenvalue weighted by atomic mass is 10.2. The highest BCUT2D eigenvalue weighted by Gasteiger charge is 2.30. The zero-order valence-electron chi connectivity index (χ0n) is 16.8. The molecule has 0 spiro atoms. The van der Waals surface area contributed by atoms with Gasteiger partial charge in [0.2, 0.25) is 5.91 Å². The predicted molar refractivity (Wildman–Crippen MR) is 117 cm³/mol. The van der Waals surface area contributed by atoms with Crippen LogP contribution in [0.1, 0.15) is 0 Å². The van der Waals surface area contributed by atoms with Crippen molar-refractivity contribution >= 4 is 39.1 Å². The molecule has 0 saturated carbocycles. The van der Waals surface area contributed by atoms with E-state index in [1.54, 1.807) is 11.0 Å². The molecule has 0 aromatic heterocycles. The van der Waals surface area contributed by atoms with Crippen LogP contribution in [-0.2, 0) is 15.0 Å². The zero-order valence-corrected chi connectivity index (χ0v) is 18.4. The summed E-state index contributed by atoms with van der Waals surface area (Å²) in [6.45, 7) is 1.80. The van der Waals surface area contributed by atoms with Crippen LogP contribution in [0.3, 0.4) is 0 Å². The number of halogens is 2. The molecule has 3 rings (SSSR count). The maximum atomic E-state index is 13.3. The van der Waals surface area contributed by atoms with Crippen molar-refractivity contribution in [3.8, 4) is 0 Å². The van der Waals surface area contributed by atoms with Crippen LogP contribution in [0.5, 0.6) is 0 Å². The van der Waals surface area contributed by atoms with Crippen molar-refractivity contribution in [2.75, 3.05) is 56.0 Å². The molecule has 30 heavy (non-hydrogen) atoms. The second-order valence-electron chi connectivity index (χ2n) is 7.12. The van der Waals surface area contributed by atoms with Crippen molar-refractivity contribution in [2.24, 2.45) is 0 Å². The van der Waals surface area contributed by atoms with E-state index in [9.17, 15) is 17.6 Å². The lowest BCUT2D eigenvalue weighted by molar-refractivity contribution is -0.129. The summed E-state index contributed by atoms with van der Waals surface area (Å²) in [4.78, 5) is 16.7. The molecular weight excluding hydrogens is 431 g/mol. The molecule has 0 atom stereocenters. The van der Waals surface area contributed by atoms with E-state index in [0.717, 1.165) is 14.3 Å². The molecule has 0 aliphatic carbocycles. The highest BCUT2D eigenvalue weighted by atomic mass is 35.5. The standard InChI is InChI=1S/C20H24ClFN4O3S/c1-23(2)30(28,29)26(18-8-6-17(22)7-9-18)15-20(27)25-12-10-24(11-13-25)19-5-3-4-16(21)14-19/h3-9,14H,10-13,15H2,1-2H3. The van der Waals surface area contributed by atoms with Gasteiger partial charge in [0, 0.05) is 51.0 Å². The van der Waals surface area contributed by atoms with E-state index in [1.165, 1.54) is 38.4 Å². The van der Waals surface area contributed by atoms with E-state index < -0.39 is 16.0 Å². The van der Waals surface area contributed by atoms with Gasteiger partial charge in [-0.1, -0.05) is 17.7 Å². The molecule has 1 aliphatic rings. The fourth-order valence-corrected chi connectivity index (χ4v) is 4.46. The predicted octanol–water partition coefficient (Wildman–Crippen LogP) is 2.44. The minimum Gasteiger partial charge on any atom is -0.368 e. The van der Waals surface area contributed by atoms with Crippen LogP contribution >= 0.6 is 11.6 Å². The quantitative estimate of drug-likeness (QED) is 0.672. The molecule has 0 bridgehead atoms. The number of hydrogen-bond donors (Lipinski definition) is 0. The van der Waals surface area contributed by atoms with E-state index >= 15 is 0 Å². The molecule has 0 unspecified atom stereocenters. The highest BCUT2D eigenvalue weighted by molar-refractivity contribution is 7.90. The third-order valence-electron chi connectivity index (χ3n) is 4.94. The van der Waals surface area contributed by atoms with Gasteiger partial charge in [0.15, 0.2) is 0 Å². The molecule has 1 aliphatic heterocycles. The van der Waals surface area contributed by atoms with Crippen LogP contribution in [0, 0.1) is 5.82 Å². The van der Waals surface area contributed by atoms with Gasteiger partial charge in [0.1, 0.15) is 12.4 Å². The van der Waals surface area contributed by atoms with Crippen LogP contribution in [-0.4, -0.2) is 70.3 Å². The number of carbonyl (C=O) groups is 1. The third-order valence-corrected chi connectivity index (χ3v) is 6.99. The Hall–Kier alpha value is -2.36. The van der Waals surface area contributed by atoms with Crippen molar-refractivity contribution in [3.63, 3.8) is 0 Å². The Bertz CT molecular complexity index is 993. The normalized spacial score (nSPS) is 14.8. The van der Waals surface area contributed by atoms with Crippen LogP contribution < -0.4 is 9.21 Å². The number of nitrogens with zero attached hydrogens (tertiary/aromatic N) is 4. The smallest absolute Gasteiger partial charge is 0.304 e. The average molecular weight is 455 g/mol. The summed E-state index contributed by atoms with van der Waals surface area (Å²) < 4.78 is 40.9. The Balaban J connectivity index is 1.71. The molecular formula is C20H24ClFN4O3S. The maximum absolute atomic E-state index is 13.3. The molecule has 1 amide bonds. The zero-order chi connectivity index (χ0) is 21.9. The van der Waals surface area contributed by atoms with E-state index in [-0.39, 0.29) is 18.1 Å². The number of hydrogen-bond acceptors (Lipinski definition) is 4. The average Bonchev–Trinajstić information content (AvgIpc) is 2.72. The van der Waals surface area contributed by atoms with Crippen molar-refractivity contribution < 1.29 is 17.6 Å². The van der Waals surface area contributed by atoms with Crippen LogP contribution in [0.2, 0.25) is 5.02 Å². The first-order valence-electron chi connectivity index (χ1n) is 9.42. The number of anilines is 2. The van der Waals surface area contributed by atoms with Gasteiger partial charge in [0.25, 0.3) is 0 Å². The fraction of sp³-hybridized carbons (Fsp3) is 0.350. The Kier molecular flexibility index (Phi) is 6.84. The van der Waals surface area contributed by atoms with Gasteiger partial charge in [-0.2, -0.15) is 12.7 Å². The summed E-state index contributed by atoms with van der Waals surface area (Å²) in [7, 11) is -1.15. The molecule has 162 valence electrons.